The molecule has 4 heteroatoms. The van der Waals surface area contributed by atoms with Gasteiger partial charge in [-0.2, -0.15) is 10.5 Å². The Bertz CT molecular complexity index is 640. The molecule has 0 saturated carbocycles. The second-order valence-electron chi connectivity index (χ2n) is 4.38. The predicted octanol–water partition coefficient (Wildman–Crippen LogP) is 3.83. The van der Waals surface area contributed by atoms with Crippen molar-refractivity contribution >= 4 is 0 Å². The average molecular weight is 278 g/mol. The first kappa shape index (κ1) is 14.6. The lowest BCUT2D eigenvalue weighted by Crippen LogP contribution is -2.11. The minimum Gasteiger partial charge on any atom is -0.457 e. The van der Waals surface area contributed by atoms with Crippen molar-refractivity contribution < 1.29 is 9.47 Å². The molecule has 0 radical (unpaired) electrons. The number of hydrogen-bond donors (Lipinski definition) is 0. The molecule has 0 aromatic heterocycles. The highest BCUT2D eigenvalue weighted by Gasteiger charge is 2.22. The smallest absolute Gasteiger partial charge is 0.163 e. The topological polar surface area (TPSA) is 66.0 Å². The lowest BCUT2D eigenvalue weighted by atomic mass is 9.98. The van der Waals surface area contributed by atoms with E-state index in [2.05, 4.69) is 0 Å². The Hall–Kier alpha value is -2.82. The first-order valence-electron chi connectivity index (χ1n) is 6.43. The molecule has 0 aliphatic heterocycles. The second-order valence-corrected chi connectivity index (χ2v) is 4.38. The van der Waals surface area contributed by atoms with Crippen LogP contribution in [0.25, 0.3) is 0 Å². The van der Waals surface area contributed by atoms with Crippen LogP contribution in [0.2, 0.25) is 0 Å². The van der Waals surface area contributed by atoms with Gasteiger partial charge in [0.15, 0.2) is 5.92 Å². The molecule has 1 unspecified atom stereocenters. The maximum absolute atomic E-state index is 8.96. The van der Waals surface area contributed by atoms with Gasteiger partial charge in [0.25, 0.3) is 0 Å². The van der Waals surface area contributed by atoms with Crippen molar-refractivity contribution in [3.05, 3.63) is 60.2 Å². The first-order chi connectivity index (χ1) is 10.3. The number of ether oxygens (including phenoxy) is 2. The Morgan fingerprint density at radius 3 is 1.95 bits per heavy atom. The summed E-state index contributed by atoms with van der Waals surface area (Å²) in [5, 5.41) is 17.9. The standard InChI is InChI=1S/C17H14N2O2/c1-20-17(14(11-18)12-19)13-7-9-16(10-8-13)21-15-5-3-2-4-6-15/h2-10,14,17H,1H3. The Morgan fingerprint density at radius 2 is 1.43 bits per heavy atom. The van der Waals surface area contributed by atoms with E-state index in [1.165, 1.54) is 7.11 Å². The quantitative estimate of drug-likeness (QED) is 0.833. The maximum atomic E-state index is 8.96. The van der Waals surface area contributed by atoms with E-state index in [0.29, 0.717) is 5.75 Å². The van der Waals surface area contributed by atoms with Crippen LogP contribution in [-0.4, -0.2) is 7.11 Å². The van der Waals surface area contributed by atoms with Crippen LogP contribution < -0.4 is 4.74 Å². The van der Waals surface area contributed by atoms with Crippen molar-refractivity contribution in [2.75, 3.05) is 7.11 Å². The van der Waals surface area contributed by atoms with E-state index in [4.69, 9.17) is 20.0 Å². The van der Waals surface area contributed by atoms with Gasteiger partial charge in [0.1, 0.15) is 17.6 Å². The van der Waals surface area contributed by atoms with Gasteiger partial charge in [-0.1, -0.05) is 30.3 Å². The molecular weight excluding hydrogens is 264 g/mol. The fraction of sp³-hybridized carbons (Fsp3) is 0.176. The molecule has 0 amide bonds. The largest absolute Gasteiger partial charge is 0.457 e. The van der Waals surface area contributed by atoms with Crippen LogP contribution in [0.15, 0.2) is 54.6 Å². The SMILES string of the molecule is COC(c1ccc(Oc2ccccc2)cc1)C(C#N)C#N. The van der Waals surface area contributed by atoms with Crippen LogP contribution in [0, 0.1) is 28.6 Å². The minimum atomic E-state index is -0.837. The highest BCUT2D eigenvalue weighted by molar-refractivity contribution is 5.34. The molecule has 0 spiro atoms. The zero-order chi connectivity index (χ0) is 15.1. The first-order valence-corrected chi connectivity index (χ1v) is 6.43. The molecule has 0 bridgehead atoms. The summed E-state index contributed by atoms with van der Waals surface area (Å²) in [6.45, 7) is 0. The number of nitriles is 2. The molecule has 0 aliphatic carbocycles. The molecule has 4 nitrogen and oxygen atoms in total. The Balaban J connectivity index is 2.15. The van der Waals surface area contributed by atoms with Gasteiger partial charge in [0, 0.05) is 7.11 Å². The predicted molar refractivity (Wildman–Crippen MR) is 77.4 cm³/mol. The number of methoxy groups -OCH3 is 1. The monoisotopic (exact) mass is 278 g/mol. The van der Waals surface area contributed by atoms with Crippen molar-refractivity contribution in [3.8, 4) is 23.6 Å². The molecule has 21 heavy (non-hydrogen) atoms. The van der Waals surface area contributed by atoms with Crippen LogP contribution in [0.5, 0.6) is 11.5 Å². The molecule has 0 saturated heterocycles. The van der Waals surface area contributed by atoms with Crippen molar-refractivity contribution in [1.82, 2.24) is 0 Å². The molecule has 104 valence electrons. The summed E-state index contributed by atoms with van der Waals surface area (Å²) < 4.78 is 10.9. The fourth-order valence-electron chi connectivity index (χ4n) is 1.98. The second kappa shape index (κ2) is 7.09. The fourth-order valence-corrected chi connectivity index (χ4v) is 1.98. The van der Waals surface area contributed by atoms with Crippen LogP contribution in [0.4, 0.5) is 0 Å². The summed E-state index contributed by atoms with van der Waals surface area (Å²) in [6.07, 6.45) is -0.564. The lowest BCUT2D eigenvalue weighted by Gasteiger charge is -2.16. The Morgan fingerprint density at radius 1 is 0.857 bits per heavy atom. The number of para-hydroxylation sites is 1. The molecule has 0 N–H and O–H groups in total. The van der Waals surface area contributed by atoms with Gasteiger partial charge in [-0.25, -0.2) is 0 Å². The number of rotatable bonds is 5. The van der Waals surface area contributed by atoms with E-state index in [0.717, 1.165) is 11.3 Å². The summed E-state index contributed by atoms with van der Waals surface area (Å²) in [5.74, 6) is 0.599. The normalized spacial score (nSPS) is 11.4. The van der Waals surface area contributed by atoms with Crippen molar-refractivity contribution in [2.24, 2.45) is 5.92 Å². The van der Waals surface area contributed by atoms with E-state index in [-0.39, 0.29) is 0 Å². The van der Waals surface area contributed by atoms with Gasteiger partial charge in [0.2, 0.25) is 0 Å². The lowest BCUT2D eigenvalue weighted by molar-refractivity contribution is 0.0867. The number of nitrogens with zero attached hydrogens (tertiary/aromatic N) is 2. The Kier molecular flexibility index (Phi) is 4.93. The third-order valence-electron chi connectivity index (χ3n) is 3.02. The van der Waals surface area contributed by atoms with Gasteiger partial charge in [-0.15, -0.1) is 0 Å². The van der Waals surface area contributed by atoms with Gasteiger partial charge >= 0.3 is 0 Å². The van der Waals surface area contributed by atoms with Crippen molar-refractivity contribution in [3.63, 3.8) is 0 Å². The molecule has 1 atom stereocenters. The molecule has 2 rings (SSSR count). The highest BCUT2D eigenvalue weighted by atomic mass is 16.5. The average Bonchev–Trinajstić information content (AvgIpc) is 2.54. The molecule has 2 aromatic carbocycles. The van der Waals surface area contributed by atoms with Crippen LogP contribution >= 0.6 is 0 Å². The number of benzene rings is 2. The molecular formula is C17H14N2O2. The van der Waals surface area contributed by atoms with E-state index < -0.39 is 12.0 Å². The van der Waals surface area contributed by atoms with E-state index >= 15 is 0 Å². The molecule has 0 aliphatic rings. The van der Waals surface area contributed by atoms with Gasteiger partial charge in [-0.3, -0.25) is 0 Å². The van der Waals surface area contributed by atoms with Crippen LogP contribution in [-0.2, 0) is 4.74 Å². The van der Waals surface area contributed by atoms with E-state index in [1.807, 2.05) is 42.5 Å². The van der Waals surface area contributed by atoms with Crippen molar-refractivity contribution in [1.29, 1.82) is 10.5 Å². The Labute approximate surface area is 123 Å². The van der Waals surface area contributed by atoms with Crippen molar-refractivity contribution in [2.45, 2.75) is 6.10 Å². The highest BCUT2D eigenvalue weighted by Crippen LogP contribution is 2.28. The summed E-state index contributed by atoms with van der Waals surface area (Å²) in [7, 11) is 1.49. The molecule has 2 aromatic rings. The van der Waals surface area contributed by atoms with Gasteiger partial charge in [-0.05, 0) is 29.8 Å². The molecule has 0 heterocycles. The summed E-state index contributed by atoms with van der Waals surface area (Å²) >= 11 is 0. The zero-order valence-corrected chi connectivity index (χ0v) is 11.6. The summed E-state index contributed by atoms with van der Waals surface area (Å²) in [4.78, 5) is 0. The van der Waals surface area contributed by atoms with Crippen LogP contribution in [0.1, 0.15) is 11.7 Å². The van der Waals surface area contributed by atoms with Gasteiger partial charge < -0.3 is 9.47 Å². The summed E-state index contributed by atoms with van der Waals surface area (Å²) in [5.41, 5.74) is 0.769. The van der Waals surface area contributed by atoms with Crippen LogP contribution in [0.3, 0.4) is 0 Å². The third kappa shape index (κ3) is 3.60. The van der Waals surface area contributed by atoms with E-state index in [9.17, 15) is 0 Å². The van der Waals surface area contributed by atoms with Gasteiger partial charge in [0.05, 0.1) is 12.1 Å². The molecule has 0 fully saturated rings. The minimum absolute atomic E-state index is 0.564. The zero-order valence-electron chi connectivity index (χ0n) is 11.6. The maximum Gasteiger partial charge on any atom is 0.163 e. The number of hydrogen-bond acceptors (Lipinski definition) is 4. The third-order valence-corrected chi connectivity index (χ3v) is 3.02. The summed E-state index contributed by atoms with van der Waals surface area (Å²) in [6, 6.07) is 20.5. The van der Waals surface area contributed by atoms with E-state index in [1.54, 1.807) is 24.3 Å².